The Morgan fingerprint density at radius 1 is 0.844 bits per heavy atom. The highest BCUT2D eigenvalue weighted by Crippen LogP contribution is 2.38. The fraction of sp³-hybridized carbons (Fsp3) is 0.375. The molecule has 0 aliphatic heterocycles. The van der Waals surface area contributed by atoms with Crippen LogP contribution in [0.3, 0.4) is 0 Å². The Hall–Kier alpha value is -3.93. The highest BCUT2D eigenvalue weighted by Gasteiger charge is 2.28. The number of carbonyl (C=O) groups excluding carboxylic acids is 1. The van der Waals surface area contributed by atoms with Crippen molar-refractivity contribution >= 4 is 5.97 Å². The van der Waals surface area contributed by atoms with Crippen LogP contribution >= 0.6 is 0 Å². The first-order valence-electron chi connectivity index (χ1n) is 16.3. The number of likely N-dealkylation sites (N-methyl/N-ethyl adjacent to an activating group) is 1. The van der Waals surface area contributed by atoms with Gasteiger partial charge in [0.15, 0.2) is 6.10 Å². The second kappa shape index (κ2) is 15.4. The molecule has 4 aromatic rings. The number of rotatable bonds is 13. The fourth-order valence-corrected chi connectivity index (χ4v) is 6.45. The molecule has 0 saturated heterocycles. The highest BCUT2D eigenvalue weighted by molar-refractivity contribution is 5.75. The van der Waals surface area contributed by atoms with Crippen molar-refractivity contribution in [2.45, 2.75) is 65.0 Å². The summed E-state index contributed by atoms with van der Waals surface area (Å²) in [6.45, 7) is 10.3. The molecule has 0 N–H and O–H groups in total. The first-order chi connectivity index (χ1) is 21.9. The van der Waals surface area contributed by atoms with E-state index in [-0.39, 0.29) is 12.0 Å². The molecule has 0 bridgehead atoms. The zero-order chi connectivity index (χ0) is 31.8. The molecular formula is C40H47NO4. The number of hydrogen-bond acceptors (Lipinski definition) is 5. The molecule has 1 aliphatic rings. The Morgan fingerprint density at radius 2 is 1.60 bits per heavy atom. The average Bonchev–Trinajstić information content (AvgIpc) is 3.21. The van der Waals surface area contributed by atoms with Crippen molar-refractivity contribution in [3.05, 3.63) is 136 Å². The van der Waals surface area contributed by atoms with Crippen LogP contribution in [0.2, 0.25) is 0 Å². The second-order valence-corrected chi connectivity index (χ2v) is 12.1. The fourth-order valence-electron chi connectivity index (χ4n) is 6.45. The van der Waals surface area contributed by atoms with Gasteiger partial charge in [-0.2, -0.15) is 0 Å². The summed E-state index contributed by atoms with van der Waals surface area (Å²) in [6, 6.07) is 32.9. The van der Waals surface area contributed by atoms with Crippen molar-refractivity contribution in [1.29, 1.82) is 0 Å². The van der Waals surface area contributed by atoms with Crippen molar-refractivity contribution in [3.63, 3.8) is 0 Å². The largest absolute Gasteiger partial charge is 0.492 e. The van der Waals surface area contributed by atoms with Gasteiger partial charge in [0.25, 0.3) is 0 Å². The van der Waals surface area contributed by atoms with Gasteiger partial charge >= 0.3 is 5.97 Å². The standard InChI is InChI=1S/C40H47NO4/c1-6-43-38(40(42)44-7-2)26-30-14-20-35(21-15-30)45-24-23-41(5)39-36-22-13-28(3)25-34(36)19-17-32-16-18-33(27-37(32)39)29(4)31-11-9-8-10-12-31/h8-16,18,20-22,25,27,29,38-39H,6-7,17,19,23-24,26H2,1-5H3. The lowest BCUT2D eigenvalue weighted by Gasteiger charge is -2.31. The van der Waals surface area contributed by atoms with Crippen LogP contribution in [0.1, 0.15) is 77.2 Å². The maximum Gasteiger partial charge on any atom is 0.335 e. The normalized spacial score (nSPS) is 15.5. The molecule has 0 saturated carbocycles. The number of nitrogens with zero attached hydrogens (tertiary/aromatic N) is 1. The minimum absolute atomic E-state index is 0.144. The molecule has 0 fully saturated rings. The van der Waals surface area contributed by atoms with Gasteiger partial charge in [0, 0.05) is 25.5 Å². The Balaban J connectivity index is 1.32. The molecule has 5 heteroatoms. The summed E-state index contributed by atoms with van der Waals surface area (Å²) < 4.78 is 17.1. The second-order valence-electron chi connectivity index (χ2n) is 12.1. The third-order valence-corrected chi connectivity index (χ3v) is 8.94. The number of ether oxygens (including phenoxy) is 3. The van der Waals surface area contributed by atoms with Crippen molar-refractivity contribution in [3.8, 4) is 5.75 Å². The quantitative estimate of drug-likeness (QED) is 0.145. The molecule has 236 valence electrons. The summed E-state index contributed by atoms with van der Waals surface area (Å²) in [5.74, 6) is 0.810. The van der Waals surface area contributed by atoms with E-state index in [2.05, 4.69) is 92.5 Å². The third kappa shape index (κ3) is 8.02. The van der Waals surface area contributed by atoms with Gasteiger partial charge in [0.05, 0.1) is 12.6 Å². The number of benzene rings is 4. The van der Waals surface area contributed by atoms with Crippen molar-refractivity contribution in [2.24, 2.45) is 0 Å². The van der Waals surface area contributed by atoms with Gasteiger partial charge in [0.1, 0.15) is 12.4 Å². The van der Waals surface area contributed by atoms with Gasteiger partial charge in [-0.15, -0.1) is 0 Å². The molecule has 1 aliphatic carbocycles. The first-order valence-corrected chi connectivity index (χ1v) is 16.3. The number of esters is 1. The summed E-state index contributed by atoms with van der Waals surface area (Å²) in [5, 5.41) is 0. The van der Waals surface area contributed by atoms with E-state index in [4.69, 9.17) is 14.2 Å². The monoisotopic (exact) mass is 605 g/mol. The lowest BCUT2D eigenvalue weighted by molar-refractivity contribution is -0.156. The lowest BCUT2D eigenvalue weighted by atomic mass is 9.87. The van der Waals surface area contributed by atoms with Gasteiger partial charge in [-0.05, 0) is 91.7 Å². The Labute approximate surface area is 269 Å². The molecule has 3 atom stereocenters. The molecule has 0 heterocycles. The summed E-state index contributed by atoms with van der Waals surface area (Å²) in [6.07, 6.45) is 1.96. The van der Waals surface area contributed by atoms with E-state index >= 15 is 0 Å². The number of aryl methyl sites for hydroxylation is 3. The van der Waals surface area contributed by atoms with Crippen LogP contribution in [0.4, 0.5) is 0 Å². The van der Waals surface area contributed by atoms with Crippen LogP contribution in [-0.4, -0.2) is 50.4 Å². The summed E-state index contributed by atoms with van der Waals surface area (Å²) in [4.78, 5) is 14.7. The number of carbonyl (C=O) groups is 1. The van der Waals surface area contributed by atoms with E-state index in [9.17, 15) is 4.79 Å². The minimum atomic E-state index is -0.597. The molecule has 4 aromatic carbocycles. The van der Waals surface area contributed by atoms with E-state index in [1.807, 2.05) is 38.1 Å². The van der Waals surface area contributed by atoms with Gasteiger partial charge in [-0.1, -0.05) is 91.3 Å². The molecule has 0 aromatic heterocycles. The molecule has 3 unspecified atom stereocenters. The highest BCUT2D eigenvalue weighted by atomic mass is 16.6. The maximum atomic E-state index is 12.3. The van der Waals surface area contributed by atoms with Crippen LogP contribution in [0.25, 0.3) is 0 Å². The minimum Gasteiger partial charge on any atom is -0.492 e. The Kier molecular flexibility index (Phi) is 11.1. The Bertz CT molecular complexity index is 1550. The lowest BCUT2D eigenvalue weighted by Crippen LogP contribution is -2.30. The van der Waals surface area contributed by atoms with Crippen LogP contribution in [0, 0.1) is 6.92 Å². The van der Waals surface area contributed by atoms with E-state index in [1.165, 1.54) is 38.9 Å². The van der Waals surface area contributed by atoms with Crippen LogP contribution in [0.15, 0.2) is 91.0 Å². The zero-order valence-electron chi connectivity index (χ0n) is 27.4. The number of hydrogen-bond donors (Lipinski definition) is 0. The topological polar surface area (TPSA) is 48.0 Å². The third-order valence-electron chi connectivity index (χ3n) is 8.94. The van der Waals surface area contributed by atoms with Crippen molar-refractivity contribution < 1.29 is 19.0 Å². The number of fused-ring (bicyclic) bond motifs is 2. The molecular weight excluding hydrogens is 558 g/mol. The SMILES string of the molecule is CCOC(=O)C(Cc1ccc(OCCN(C)C2c3ccc(C)cc3CCc3ccc(C(C)c4ccccc4)cc32)cc1)OCC. The average molecular weight is 606 g/mol. The maximum absolute atomic E-state index is 12.3. The zero-order valence-corrected chi connectivity index (χ0v) is 27.4. The van der Waals surface area contributed by atoms with Crippen molar-refractivity contribution in [2.75, 3.05) is 33.4 Å². The summed E-state index contributed by atoms with van der Waals surface area (Å²) in [7, 11) is 2.21. The molecule has 0 spiro atoms. The first kappa shape index (κ1) is 32.5. The van der Waals surface area contributed by atoms with E-state index in [0.29, 0.717) is 32.2 Å². The predicted molar refractivity (Wildman–Crippen MR) is 181 cm³/mol. The van der Waals surface area contributed by atoms with Gasteiger partial charge in [-0.3, -0.25) is 4.90 Å². The van der Waals surface area contributed by atoms with Gasteiger partial charge < -0.3 is 14.2 Å². The molecule has 0 radical (unpaired) electrons. The molecule has 5 rings (SSSR count). The predicted octanol–water partition coefficient (Wildman–Crippen LogP) is 7.86. The Morgan fingerprint density at radius 3 is 2.33 bits per heavy atom. The summed E-state index contributed by atoms with van der Waals surface area (Å²) in [5.41, 5.74) is 10.6. The summed E-state index contributed by atoms with van der Waals surface area (Å²) >= 11 is 0. The molecule has 5 nitrogen and oxygen atoms in total. The van der Waals surface area contributed by atoms with Crippen LogP contribution in [0.5, 0.6) is 5.75 Å². The van der Waals surface area contributed by atoms with E-state index in [0.717, 1.165) is 30.7 Å². The van der Waals surface area contributed by atoms with Gasteiger partial charge in [-0.25, -0.2) is 4.79 Å². The van der Waals surface area contributed by atoms with Gasteiger partial charge in [0.2, 0.25) is 0 Å². The van der Waals surface area contributed by atoms with Crippen LogP contribution < -0.4 is 4.74 Å². The molecule has 45 heavy (non-hydrogen) atoms. The molecule has 0 amide bonds. The van der Waals surface area contributed by atoms with Crippen molar-refractivity contribution in [1.82, 2.24) is 4.90 Å². The van der Waals surface area contributed by atoms with E-state index in [1.54, 1.807) is 0 Å². The smallest absolute Gasteiger partial charge is 0.335 e. The van der Waals surface area contributed by atoms with Crippen LogP contribution in [-0.2, 0) is 33.5 Å². The van der Waals surface area contributed by atoms with E-state index < -0.39 is 6.10 Å².